The third-order valence-electron chi connectivity index (χ3n) is 6.67. The number of esters is 2. The molecule has 2 aliphatic carbocycles. The summed E-state index contributed by atoms with van der Waals surface area (Å²) in [5, 5.41) is 13.9. The molecule has 172 valence electrons. The van der Waals surface area contributed by atoms with Crippen molar-refractivity contribution in [2.45, 2.75) is 50.4 Å². The normalized spacial score (nSPS) is 30.5. The number of hydrogen-bond donors (Lipinski definition) is 2. The zero-order valence-electron chi connectivity index (χ0n) is 17.5. The molecule has 5 atom stereocenters. The minimum Gasteiger partial charge on any atom is -0.481 e. The zero-order chi connectivity index (χ0) is 22.5. The largest absolute Gasteiger partial charge is 0.503 e. The van der Waals surface area contributed by atoms with Gasteiger partial charge in [-0.05, 0) is 44.1 Å². The van der Waals surface area contributed by atoms with Crippen LogP contribution in [0.15, 0.2) is 24.3 Å². The molecule has 1 fully saturated rings. The van der Waals surface area contributed by atoms with E-state index >= 15 is 0 Å². The van der Waals surface area contributed by atoms with Crippen LogP contribution >= 0.6 is 0 Å². The predicted molar refractivity (Wildman–Crippen MR) is 117 cm³/mol. The molecular weight excluding hydrogens is 433 g/mol. The summed E-state index contributed by atoms with van der Waals surface area (Å²) < 4.78 is 17.5. The number of likely N-dealkylation sites (N-methyl/N-ethyl adjacent to an activating group) is 1. The Hall–Kier alpha value is -2.54. The van der Waals surface area contributed by atoms with Gasteiger partial charge in [0, 0.05) is 36.8 Å². The second-order valence-electron chi connectivity index (χ2n) is 8.37. The van der Waals surface area contributed by atoms with Gasteiger partial charge < -0.3 is 29.3 Å². The summed E-state index contributed by atoms with van der Waals surface area (Å²) in [5.74, 6) is 0.712. The summed E-state index contributed by atoms with van der Waals surface area (Å²) in [6.45, 7) is 3.77. The zero-order valence-corrected chi connectivity index (χ0v) is 17.5. The van der Waals surface area contributed by atoms with Crippen LogP contribution in [0.2, 0.25) is 0 Å². The second-order valence-corrected chi connectivity index (χ2v) is 8.37. The van der Waals surface area contributed by atoms with E-state index in [2.05, 4.69) is 24.1 Å². The minimum absolute atomic E-state index is 0. The van der Waals surface area contributed by atoms with Crippen LogP contribution in [0.3, 0.4) is 0 Å². The molecule has 4 aliphatic rings. The number of carbonyl (C=O) groups is 3. The minimum atomic E-state index is -1.83. The Morgan fingerprint density at radius 3 is 2.47 bits per heavy atom. The van der Waals surface area contributed by atoms with Gasteiger partial charge >= 0.3 is 18.1 Å². The lowest BCUT2D eigenvalue weighted by Gasteiger charge is -2.56. The summed E-state index contributed by atoms with van der Waals surface area (Å²) >= 11 is 0. The van der Waals surface area contributed by atoms with Crippen LogP contribution in [-0.2, 0) is 26.2 Å². The Kier molecular flexibility index (Phi) is 6.61. The highest BCUT2D eigenvalue weighted by atomic mass is 27.0. The number of hydrogen-bond acceptors (Lipinski definition) is 7. The van der Waals surface area contributed by atoms with E-state index in [1.165, 1.54) is 19.4 Å². The van der Waals surface area contributed by atoms with Gasteiger partial charge in [0.1, 0.15) is 6.10 Å². The van der Waals surface area contributed by atoms with Crippen molar-refractivity contribution in [2.75, 3.05) is 13.6 Å². The lowest BCUT2D eigenvalue weighted by Crippen LogP contribution is -2.65. The molecule has 0 radical (unpaired) electrons. The standard InChI is InChI=1S/C21H23NO5.CH2O3.Al.3H/c1-11(23)25-16-6-4-13-10-15-14-5-7-17(26-12(2)24)20-21(14,8-9-22(15)3)18(13)19(16)27-20;2-1(3)4;;;;/h4-7,14-15,17,20H,8-10H2,1-3H3;(H2,2,3,4);;;;/t14-,15+,17-,20-,21-;;;;;/m0...../s1. The van der Waals surface area contributed by atoms with Crippen LogP contribution in [0.4, 0.5) is 4.79 Å². The topological polar surface area (TPSA) is 123 Å². The maximum atomic E-state index is 11.7. The SMILES string of the molecule is CC(=O)Oc1ccc2c3c1O[C@H]1[C@@H](OC(C)=O)C=C[C@H]4[C@@H](C2)N(C)CC[C@@]341.O=C(O)O.[AlH3]. The van der Waals surface area contributed by atoms with E-state index in [9.17, 15) is 9.59 Å². The summed E-state index contributed by atoms with van der Waals surface area (Å²) in [7, 11) is 2.17. The van der Waals surface area contributed by atoms with Crippen LogP contribution in [0, 0.1) is 5.92 Å². The van der Waals surface area contributed by atoms with Crippen molar-refractivity contribution >= 4 is 35.5 Å². The van der Waals surface area contributed by atoms with Gasteiger partial charge in [0.25, 0.3) is 0 Å². The molecule has 2 aliphatic heterocycles. The van der Waals surface area contributed by atoms with Crippen LogP contribution in [0.1, 0.15) is 31.4 Å². The molecule has 0 unspecified atom stereocenters. The molecule has 32 heavy (non-hydrogen) atoms. The highest BCUT2D eigenvalue weighted by molar-refractivity contribution is 5.75. The van der Waals surface area contributed by atoms with E-state index in [4.69, 9.17) is 29.2 Å². The lowest BCUT2D eigenvalue weighted by atomic mass is 9.53. The molecule has 10 heteroatoms. The van der Waals surface area contributed by atoms with Crippen molar-refractivity contribution in [3.63, 3.8) is 0 Å². The van der Waals surface area contributed by atoms with E-state index < -0.39 is 12.3 Å². The average Bonchev–Trinajstić information content (AvgIpc) is 3.01. The summed E-state index contributed by atoms with van der Waals surface area (Å²) in [6.07, 6.45) is 3.48. The Balaban J connectivity index is 0.000000536. The maximum Gasteiger partial charge on any atom is 0.503 e. The number of carbonyl (C=O) groups excluding carboxylic acids is 2. The van der Waals surface area contributed by atoms with Crippen molar-refractivity contribution in [1.82, 2.24) is 4.90 Å². The smallest absolute Gasteiger partial charge is 0.481 e. The Morgan fingerprint density at radius 2 is 1.84 bits per heavy atom. The Morgan fingerprint density at radius 1 is 1.16 bits per heavy atom. The lowest BCUT2D eigenvalue weighted by molar-refractivity contribution is -0.152. The fourth-order valence-corrected chi connectivity index (χ4v) is 5.74. The molecule has 1 aromatic rings. The summed E-state index contributed by atoms with van der Waals surface area (Å²) in [6, 6.07) is 4.28. The van der Waals surface area contributed by atoms with Gasteiger partial charge in [-0.15, -0.1) is 0 Å². The van der Waals surface area contributed by atoms with E-state index in [0.717, 1.165) is 24.9 Å². The first-order valence-electron chi connectivity index (χ1n) is 10.1. The fourth-order valence-electron chi connectivity index (χ4n) is 5.74. The van der Waals surface area contributed by atoms with E-state index in [0.29, 0.717) is 17.5 Å². The fraction of sp³-hybridized carbons (Fsp3) is 0.500. The molecule has 1 spiro atoms. The van der Waals surface area contributed by atoms with Crippen LogP contribution in [0.5, 0.6) is 11.5 Å². The molecule has 0 aromatic heterocycles. The number of piperidine rings is 1. The number of rotatable bonds is 2. The molecular formula is C22H28AlNO8. The van der Waals surface area contributed by atoms with Gasteiger partial charge in [0.15, 0.2) is 35.0 Å². The van der Waals surface area contributed by atoms with Crippen LogP contribution in [-0.4, -0.2) is 82.4 Å². The van der Waals surface area contributed by atoms with Crippen molar-refractivity contribution < 1.29 is 38.8 Å². The molecule has 2 heterocycles. The van der Waals surface area contributed by atoms with Crippen LogP contribution in [0.25, 0.3) is 0 Å². The third-order valence-corrected chi connectivity index (χ3v) is 6.67. The molecule has 9 nitrogen and oxygen atoms in total. The Labute approximate surface area is 196 Å². The maximum absolute atomic E-state index is 11.7. The average molecular weight is 461 g/mol. The number of carboxylic acid groups (broad SMARTS) is 2. The highest BCUT2D eigenvalue weighted by Crippen LogP contribution is 2.62. The molecule has 5 rings (SSSR count). The molecule has 1 saturated heterocycles. The van der Waals surface area contributed by atoms with Gasteiger partial charge in [-0.3, -0.25) is 9.59 Å². The van der Waals surface area contributed by atoms with Gasteiger partial charge in [-0.25, -0.2) is 4.79 Å². The monoisotopic (exact) mass is 461 g/mol. The van der Waals surface area contributed by atoms with Crippen molar-refractivity contribution in [3.8, 4) is 11.5 Å². The van der Waals surface area contributed by atoms with Gasteiger partial charge in [0.2, 0.25) is 0 Å². The van der Waals surface area contributed by atoms with Crippen molar-refractivity contribution in [3.05, 3.63) is 35.4 Å². The summed E-state index contributed by atoms with van der Waals surface area (Å²) in [5.41, 5.74) is 2.15. The van der Waals surface area contributed by atoms with E-state index in [1.807, 2.05) is 12.1 Å². The number of ether oxygens (including phenoxy) is 3. The van der Waals surface area contributed by atoms with E-state index in [-0.39, 0.29) is 46.7 Å². The number of nitrogens with zero attached hydrogens (tertiary/aromatic N) is 1. The first-order chi connectivity index (χ1) is 14.6. The van der Waals surface area contributed by atoms with Gasteiger partial charge in [0.05, 0.1) is 0 Å². The Bertz CT molecular complexity index is 975. The van der Waals surface area contributed by atoms with Crippen molar-refractivity contribution in [2.24, 2.45) is 5.92 Å². The predicted octanol–water partition coefficient (Wildman–Crippen LogP) is 1.03. The molecule has 1 aromatic carbocycles. The molecule has 2 N–H and O–H groups in total. The first kappa shape index (κ1) is 24.1. The number of benzene rings is 1. The highest BCUT2D eigenvalue weighted by Gasteiger charge is 2.65. The van der Waals surface area contributed by atoms with Crippen LogP contribution < -0.4 is 9.47 Å². The molecule has 0 saturated carbocycles. The summed E-state index contributed by atoms with van der Waals surface area (Å²) in [4.78, 5) is 34.2. The molecule has 0 amide bonds. The molecule has 2 bridgehead atoms. The van der Waals surface area contributed by atoms with E-state index in [1.54, 1.807) is 0 Å². The van der Waals surface area contributed by atoms with Crippen molar-refractivity contribution in [1.29, 1.82) is 0 Å². The van der Waals surface area contributed by atoms with Gasteiger partial charge in [-0.2, -0.15) is 0 Å². The third kappa shape index (κ3) is 3.77. The second kappa shape index (κ2) is 8.77. The quantitative estimate of drug-likeness (QED) is 0.288. The number of likely N-dealkylation sites (tertiary alicyclic amines) is 1. The first-order valence-corrected chi connectivity index (χ1v) is 10.1. The van der Waals surface area contributed by atoms with Gasteiger partial charge in [-0.1, -0.05) is 12.1 Å².